The molecule has 0 bridgehead atoms. The number of hydrogen-bond acceptors (Lipinski definition) is 2. The molecule has 1 saturated heterocycles. The Bertz CT molecular complexity index is 400. The molecular weight excluding hydrogens is 222 g/mol. The third-order valence-corrected chi connectivity index (χ3v) is 3.79. The number of phenolic OH excluding ortho intramolecular Hbond substituents is 1. The zero-order valence-electron chi connectivity index (χ0n) is 11.9. The number of likely N-dealkylation sites (tertiary alicyclic amines) is 1. The van der Waals surface area contributed by atoms with Crippen LogP contribution < -0.4 is 0 Å². The van der Waals surface area contributed by atoms with Gasteiger partial charge in [0, 0.05) is 12.1 Å². The number of piperidine rings is 1. The fourth-order valence-electron chi connectivity index (χ4n) is 2.54. The van der Waals surface area contributed by atoms with Crippen LogP contribution in [0.4, 0.5) is 0 Å². The maximum Gasteiger partial charge on any atom is 0.120 e. The summed E-state index contributed by atoms with van der Waals surface area (Å²) in [5.41, 5.74) is 2.52. The van der Waals surface area contributed by atoms with Gasteiger partial charge in [-0.15, -0.1) is 0 Å². The molecule has 0 saturated carbocycles. The molecule has 100 valence electrons. The zero-order valence-corrected chi connectivity index (χ0v) is 11.9. The molecule has 1 N–H and O–H groups in total. The summed E-state index contributed by atoms with van der Waals surface area (Å²) < 4.78 is 0. The summed E-state index contributed by atoms with van der Waals surface area (Å²) in [7, 11) is 0. The molecule has 0 amide bonds. The molecule has 0 unspecified atom stereocenters. The fraction of sp³-hybridized carbons (Fsp3) is 0.625. The van der Waals surface area contributed by atoms with Gasteiger partial charge in [0.1, 0.15) is 5.75 Å². The number of hydrogen-bond donors (Lipinski definition) is 1. The highest BCUT2D eigenvalue weighted by Gasteiger charge is 2.17. The van der Waals surface area contributed by atoms with Gasteiger partial charge in [0.05, 0.1) is 0 Å². The lowest BCUT2D eigenvalue weighted by molar-refractivity contribution is 0.218. The predicted molar refractivity (Wildman–Crippen MR) is 75.9 cm³/mol. The maximum absolute atomic E-state index is 10.0. The topological polar surface area (TPSA) is 23.5 Å². The van der Waals surface area contributed by atoms with Gasteiger partial charge in [-0.25, -0.2) is 0 Å². The van der Waals surface area contributed by atoms with Gasteiger partial charge >= 0.3 is 0 Å². The summed E-state index contributed by atoms with van der Waals surface area (Å²) >= 11 is 0. The van der Waals surface area contributed by atoms with E-state index >= 15 is 0 Å². The van der Waals surface area contributed by atoms with Crippen molar-refractivity contribution in [2.45, 2.75) is 52.0 Å². The first kappa shape index (κ1) is 13.4. The van der Waals surface area contributed by atoms with Crippen LogP contribution in [0.2, 0.25) is 0 Å². The molecular formula is C16H25NO. The van der Waals surface area contributed by atoms with Gasteiger partial charge in [0.2, 0.25) is 0 Å². The van der Waals surface area contributed by atoms with Crippen molar-refractivity contribution in [1.82, 2.24) is 4.90 Å². The molecule has 0 atom stereocenters. The lowest BCUT2D eigenvalue weighted by Crippen LogP contribution is -2.29. The minimum atomic E-state index is 0.143. The SMILES string of the molecule is CC(C)(C)c1ccc(O)c(CN2CCCCC2)c1. The molecule has 2 rings (SSSR count). The van der Waals surface area contributed by atoms with E-state index < -0.39 is 0 Å². The first-order chi connectivity index (χ1) is 8.47. The van der Waals surface area contributed by atoms with Crippen LogP contribution in [0.5, 0.6) is 5.75 Å². The summed E-state index contributed by atoms with van der Waals surface area (Å²) in [4.78, 5) is 2.45. The van der Waals surface area contributed by atoms with Crippen LogP contribution in [0.15, 0.2) is 18.2 Å². The second-order valence-corrected chi connectivity index (χ2v) is 6.43. The van der Waals surface area contributed by atoms with E-state index in [9.17, 15) is 5.11 Å². The van der Waals surface area contributed by atoms with E-state index in [1.807, 2.05) is 12.1 Å². The van der Waals surface area contributed by atoms with Crippen molar-refractivity contribution < 1.29 is 5.11 Å². The van der Waals surface area contributed by atoms with E-state index in [2.05, 4.69) is 31.7 Å². The molecule has 2 nitrogen and oxygen atoms in total. The van der Waals surface area contributed by atoms with Crippen LogP contribution in [0.1, 0.15) is 51.2 Å². The monoisotopic (exact) mass is 247 g/mol. The largest absolute Gasteiger partial charge is 0.508 e. The van der Waals surface area contributed by atoms with E-state index in [1.165, 1.54) is 37.9 Å². The number of phenols is 1. The minimum absolute atomic E-state index is 0.143. The minimum Gasteiger partial charge on any atom is -0.508 e. The molecule has 1 aliphatic rings. The third-order valence-electron chi connectivity index (χ3n) is 3.79. The van der Waals surface area contributed by atoms with Gasteiger partial charge < -0.3 is 5.11 Å². The smallest absolute Gasteiger partial charge is 0.120 e. The normalized spacial score (nSPS) is 17.9. The van der Waals surface area contributed by atoms with E-state index in [1.54, 1.807) is 0 Å². The molecule has 18 heavy (non-hydrogen) atoms. The van der Waals surface area contributed by atoms with Crippen molar-refractivity contribution in [3.05, 3.63) is 29.3 Å². The average Bonchev–Trinajstić information content (AvgIpc) is 2.32. The van der Waals surface area contributed by atoms with Crippen LogP contribution in [0.25, 0.3) is 0 Å². The summed E-state index contributed by atoms with van der Waals surface area (Å²) in [6.45, 7) is 9.85. The van der Waals surface area contributed by atoms with E-state index in [0.717, 1.165) is 12.1 Å². The van der Waals surface area contributed by atoms with Crippen molar-refractivity contribution in [2.75, 3.05) is 13.1 Å². The number of benzene rings is 1. The second-order valence-electron chi connectivity index (χ2n) is 6.43. The Morgan fingerprint density at radius 2 is 1.78 bits per heavy atom. The highest BCUT2D eigenvalue weighted by atomic mass is 16.3. The van der Waals surface area contributed by atoms with Gasteiger partial charge in [-0.1, -0.05) is 39.3 Å². The summed E-state index contributed by atoms with van der Waals surface area (Å²) in [6, 6.07) is 6.05. The highest BCUT2D eigenvalue weighted by molar-refractivity contribution is 5.38. The number of nitrogens with zero attached hydrogens (tertiary/aromatic N) is 1. The summed E-state index contributed by atoms with van der Waals surface area (Å²) in [5.74, 6) is 0.438. The van der Waals surface area contributed by atoms with Crippen LogP contribution >= 0.6 is 0 Å². The van der Waals surface area contributed by atoms with Gasteiger partial charge in [0.15, 0.2) is 0 Å². The van der Waals surface area contributed by atoms with Crippen LogP contribution in [0, 0.1) is 0 Å². The fourth-order valence-corrected chi connectivity index (χ4v) is 2.54. The third kappa shape index (κ3) is 3.26. The van der Waals surface area contributed by atoms with Crippen LogP contribution in [-0.4, -0.2) is 23.1 Å². The average molecular weight is 247 g/mol. The molecule has 1 aliphatic heterocycles. The molecule has 0 spiro atoms. The van der Waals surface area contributed by atoms with Crippen LogP contribution in [-0.2, 0) is 12.0 Å². The highest BCUT2D eigenvalue weighted by Crippen LogP contribution is 2.28. The Kier molecular flexibility index (Phi) is 3.96. The molecule has 0 aromatic heterocycles. The van der Waals surface area contributed by atoms with Gasteiger partial charge in [-0.2, -0.15) is 0 Å². The van der Waals surface area contributed by atoms with Crippen molar-refractivity contribution in [3.63, 3.8) is 0 Å². The summed E-state index contributed by atoms with van der Waals surface area (Å²) in [6.07, 6.45) is 3.93. The van der Waals surface area contributed by atoms with E-state index in [4.69, 9.17) is 0 Å². The van der Waals surface area contributed by atoms with Crippen LogP contribution in [0.3, 0.4) is 0 Å². The molecule has 0 radical (unpaired) electrons. The van der Waals surface area contributed by atoms with Crippen molar-refractivity contribution in [3.8, 4) is 5.75 Å². The molecule has 1 fully saturated rings. The second kappa shape index (κ2) is 5.31. The lowest BCUT2D eigenvalue weighted by atomic mass is 9.86. The Balaban J connectivity index is 2.15. The molecule has 1 aromatic rings. The lowest BCUT2D eigenvalue weighted by Gasteiger charge is -2.27. The van der Waals surface area contributed by atoms with Crippen molar-refractivity contribution in [1.29, 1.82) is 0 Å². The molecule has 1 heterocycles. The molecule has 0 aliphatic carbocycles. The Labute approximate surface area is 111 Å². The Morgan fingerprint density at radius 1 is 1.11 bits per heavy atom. The Morgan fingerprint density at radius 3 is 2.39 bits per heavy atom. The first-order valence-corrected chi connectivity index (χ1v) is 7.01. The quantitative estimate of drug-likeness (QED) is 0.862. The zero-order chi connectivity index (χ0) is 13.2. The van der Waals surface area contributed by atoms with Gasteiger partial charge in [0.25, 0.3) is 0 Å². The van der Waals surface area contributed by atoms with Gasteiger partial charge in [-0.3, -0.25) is 4.90 Å². The summed E-state index contributed by atoms with van der Waals surface area (Å²) in [5, 5.41) is 10.0. The van der Waals surface area contributed by atoms with E-state index in [-0.39, 0.29) is 5.41 Å². The van der Waals surface area contributed by atoms with Crippen molar-refractivity contribution >= 4 is 0 Å². The molecule has 1 aromatic carbocycles. The molecule has 2 heteroatoms. The first-order valence-electron chi connectivity index (χ1n) is 7.01. The van der Waals surface area contributed by atoms with E-state index in [0.29, 0.717) is 5.75 Å². The van der Waals surface area contributed by atoms with Gasteiger partial charge in [-0.05, 0) is 43.0 Å². The van der Waals surface area contributed by atoms with Crippen molar-refractivity contribution in [2.24, 2.45) is 0 Å². The predicted octanol–water partition coefficient (Wildman–Crippen LogP) is 3.68. The Hall–Kier alpha value is -1.02. The number of rotatable bonds is 2. The number of aromatic hydroxyl groups is 1. The standard InChI is InChI=1S/C16H25NO/c1-16(2,3)14-7-8-15(18)13(11-14)12-17-9-5-4-6-10-17/h7-8,11,18H,4-6,9-10,12H2,1-3H3. The maximum atomic E-state index is 10.0.